The molecular formula is C40H27NS. The van der Waals surface area contributed by atoms with Crippen LogP contribution in [0.5, 0.6) is 0 Å². The van der Waals surface area contributed by atoms with E-state index in [4.69, 9.17) is 0 Å². The van der Waals surface area contributed by atoms with Gasteiger partial charge in [-0.15, -0.1) is 0 Å². The van der Waals surface area contributed by atoms with Crippen molar-refractivity contribution in [3.8, 4) is 0 Å². The SMILES string of the molecule is C1=CCC2C(=C1)Sc1c(N(c3ccccc3)c3cc4ccc5ccccc5c4c4ccccc34)cc3ccccc3c12. The van der Waals surface area contributed by atoms with Crippen LogP contribution in [-0.2, 0) is 0 Å². The van der Waals surface area contributed by atoms with Crippen molar-refractivity contribution >= 4 is 71.9 Å². The summed E-state index contributed by atoms with van der Waals surface area (Å²) in [5, 5.41) is 10.4. The third-order valence-electron chi connectivity index (χ3n) is 8.92. The lowest BCUT2D eigenvalue weighted by molar-refractivity contribution is 0.846. The van der Waals surface area contributed by atoms with Gasteiger partial charge in [-0.3, -0.25) is 0 Å². The Bertz CT molecular complexity index is 2260. The van der Waals surface area contributed by atoms with Gasteiger partial charge in [0.2, 0.25) is 0 Å². The van der Waals surface area contributed by atoms with E-state index in [2.05, 4.69) is 151 Å². The van der Waals surface area contributed by atoms with Crippen molar-refractivity contribution in [3.05, 3.63) is 156 Å². The number of rotatable bonds is 3. The van der Waals surface area contributed by atoms with Gasteiger partial charge in [0.05, 0.1) is 11.4 Å². The zero-order chi connectivity index (χ0) is 27.6. The van der Waals surface area contributed by atoms with Crippen LogP contribution in [0.25, 0.3) is 43.1 Å². The third kappa shape index (κ3) is 3.52. The van der Waals surface area contributed by atoms with E-state index in [-0.39, 0.29) is 0 Å². The Hall–Kier alpha value is -4.79. The van der Waals surface area contributed by atoms with Gasteiger partial charge in [-0.2, -0.15) is 0 Å². The molecule has 0 saturated carbocycles. The van der Waals surface area contributed by atoms with Crippen LogP contribution in [0.3, 0.4) is 0 Å². The van der Waals surface area contributed by atoms with E-state index in [1.807, 2.05) is 11.8 Å². The number of fused-ring (bicyclic) bond motifs is 10. The second-order valence-electron chi connectivity index (χ2n) is 11.2. The topological polar surface area (TPSA) is 3.24 Å². The maximum atomic E-state index is 2.51. The van der Waals surface area contributed by atoms with Crippen molar-refractivity contribution in [1.29, 1.82) is 0 Å². The summed E-state index contributed by atoms with van der Waals surface area (Å²) in [4.78, 5) is 5.34. The summed E-state index contributed by atoms with van der Waals surface area (Å²) in [5.41, 5.74) is 5.10. The predicted molar refractivity (Wildman–Crippen MR) is 182 cm³/mol. The molecule has 1 heterocycles. The monoisotopic (exact) mass is 553 g/mol. The molecule has 1 unspecified atom stereocenters. The number of hydrogen-bond acceptors (Lipinski definition) is 2. The van der Waals surface area contributed by atoms with Crippen LogP contribution in [0.1, 0.15) is 17.9 Å². The highest BCUT2D eigenvalue weighted by Crippen LogP contribution is 2.59. The summed E-state index contributed by atoms with van der Waals surface area (Å²) in [6.07, 6.45) is 7.92. The van der Waals surface area contributed by atoms with Gasteiger partial charge >= 0.3 is 0 Å². The molecule has 9 rings (SSSR count). The first-order chi connectivity index (χ1) is 20.8. The molecule has 2 heteroatoms. The molecule has 0 fully saturated rings. The smallest absolute Gasteiger partial charge is 0.0610 e. The Morgan fingerprint density at radius 1 is 0.571 bits per heavy atom. The number of benzene rings is 7. The van der Waals surface area contributed by atoms with Crippen molar-refractivity contribution in [2.45, 2.75) is 17.2 Å². The number of anilines is 3. The number of hydrogen-bond donors (Lipinski definition) is 0. The number of allylic oxidation sites excluding steroid dienone is 4. The largest absolute Gasteiger partial charge is 0.309 e. The van der Waals surface area contributed by atoms with Gasteiger partial charge in [0, 0.05) is 21.9 Å². The standard InChI is InChI=1S/C40H27NS/c1-2-14-29(15-3-1)41(36-24-27-13-5-7-17-31(27)39-34-20-10-11-21-37(34)42-40(36)39)35-25-28-23-22-26-12-4-6-16-30(26)38(28)33-19-9-8-18-32(33)35/h1-19,21-25,34H,20H2. The number of para-hydroxylation sites is 1. The van der Waals surface area contributed by atoms with Crippen molar-refractivity contribution < 1.29 is 0 Å². The van der Waals surface area contributed by atoms with Crippen molar-refractivity contribution in [3.63, 3.8) is 0 Å². The second kappa shape index (κ2) is 9.37. The molecule has 0 radical (unpaired) electrons. The first-order valence-corrected chi connectivity index (χ1v) is 15.5. The quantitative estimate of drug-likeness (QED) is 0.200. The lowest BCUT2D eigenvalue weighted by atomic mass is 9.88. The first-order valence-electron chi connectivity index (χ1n) is 14.6. The summed E-state index contributed by atoms with van der Waals surface area (Å²) in [6, 6.07) is 46.9. The minimum atomic E-state index is 0.414. The molecule has 7 aromatic carbocycles. The van der Waals surface area contributed by atoms with Gasteiger partial charge in [0.25, 0.3) is 0 Å². The Kier molecular flexibility index (Phi) is 5.33. The van der Waals surface area contributed by atoms with E-state index >= 15 is 0 Å². The number of thioether (sulfide) groups is 1. The summed E-state index contributed by atoms with van der Waals surface area (Å²) in [5.74, 6) is 0.414. The van der Waals surface area contributed by atoms with Crippen molar-refractivity contribution in [2.24, 2.45) is 0 Å². The molecule has 0 N–H and O–H groups in total. The van der Waals surface area contributed by atoms with Gasteiger partial charge < -0.3 is 4.90 Å². The second-order valence-corrected chi connectivity index (χ2v) is 12.3. The predicted octanol–water partition coefficient (Wildman–Crippen LogP) is 11.8. The maximum absolute atomic E-state index is 2.51. The van der Waals surface area contributed by atoms with E-state index in [9.17, 15) is 0 Å². The van der Waals surface area contributed by atoms with Gasteiger partial charge in [-0.25, -0.2) is 0 Å². The average molecular weight is 554 g/mol. The molecule has 7 aromatic rings. The minimum absolute atomic E-state index is 0.414. The van der Waals surface area contributed by atoms with Crippen molar-refractivity contribution in [2.75, 3.05) is 4.90 Å². The number of nitrogens with zero attached hydrogens (tertiary/aromatic N) is 1. The van der Waals surface area contributed by atoms with Gasteiger partial charge in [-0.1, -0.05) is 133 Å². The summed E-state index contributed by atoms with van der Waals surface area (Å²) < 4.78 is 0. The van der Waals surface area contributed by atoms with Crippen LogP contribution in [-0.4, -0.2) is 0 Å². The van der Waals surface area contributed by atoms with Crippen LogP contribution in [0.2, 0.25) is 0 Å². The molecule has 42 heavy (non-hydrogen) atoms. The molecular weight excluding hydrogens is 527 g/mol. The van der Waals surface area contributed by atoms with E-state index in [0.717, 1.165) is 6.42 Å². The van der Waals surface area contributed by atoms with Crippen LogP contribution in [0.15, 0.2) is 155 Å². The highest BCUT2D eigenvalue weighted by Gasteiger charge is 2.34. The lowest BCUT2D eigenvalue weighted by Gasteiger charge is -2.30. The summed E-state index contributed by atoms with van der Waals surface area (Å²) >= 11 is 1.96. The Morgan fingerprint density at radius 2 is 1.24 bits per heavy atom. The molecule has 0 aromatic heterocycles. The fourth-order valence-corrected chi connectivity index (χ4v) is 8.44. The molecule has 1 atom stereocenters. The van der Waals surface area contributed by atoms with E-state index in [1.54, 1.807) is 0 Å². The van der Waals surface area contributed by atoms with Crippen LogP contribution < -0.4 is 4.90 Å². The van der Waals surface area contributed by atoms with Crippen molar-refractivity contribution in [1.82, 2.24) is 0 Å². The fraction of sp³-hybridized carbons (Fsp3) is 0.0500. The summed E-state index contributed by atoms with van der Waals surface area (Å²) in [7, 11) is 0. The zero-order valence-electron chi connectivity index (χ0n) is 23.0. The third-order valence-corrected chi connectivity index (χ3v) is 10.2. The van der Waals surface area contributed by atoms with Gasteiger partial charge in [0.15, 0.2) is 0 Å². The highest BCUT2D eigenvalue weighted by molar-refractivity contribution is 8.03. The Balaban J connectivity index is 1.40. The molecule has 198 valence electrons. The molecule has 1 aliphatic carbocycles. The maximum Gasteiger partial charge on any atom is 0.0610 e. The summed E-state index contributed by atoms with van der Waals surface area (Å²) in [6.45, 7) is 0. The molecule has 0 bridgehead atoms. The molecule has 0 amide bonds. The van der Waals surface area contributed by atoms with Crippen LogP contribution in [0.4, 0.5) is 17.1 Å². The van der Waals surface area contributed by atoms with Crippen LogP contribution in [0, 0.1) is 0 Å². The lowest BCUT2D eigenvalue weighted by Crippen LogP contribution is -2.12. The molecule has 2 aliphatic rings. The van der Waals surface area contributed by atoms with E-state index in [1.165, 1.54) is 75.5 Å². The Labute approximate surface area is 249 Å². The molecule has 0 spiro atoms. The molecule has 1 nitrogen and oxygen atoms in total. The van der Waals surface area contributed by atoms with Crippen LogP contribution >= 0.6 is 11.8 Å². The van der Waals surface area contributed by atoms with Gasteiger partial charge in [0.1, 0.15) is 0 Å². The van der Waals surface area contributed by atoms with Gasteiger partial charge in [-0.05, 0) is 78.9 Å². The fourth-order valence-electron chi connectivity index (χ4n) is 7.08. The average Bonchev–Trinajstić information content (AvgIpc) is 3.45. The minimum Gasteiger partial charge on any atom is -0.309 e. The highest BCUT2D eigenvalue weighted by atomic mass is 32.2. The Morgan fingerprint density at radius 3 is 2.10 bits per heavy atom. The first kappa shape index (κ1) is 23.9. The molecule has 1 aliphatic heterocycles. The zero-order valence-corrected chi connectivity index (χ0v) is 23.8. The van der Waals surface area contributed by atoms with E-state index in [0.29, 0.717) is 5.92 Å². The van der Waals surface area contributed by atoms with E-state index < -0.39 is 0 Å². The normalized spacial score (nSPS) is 15.7. The molecule has 0 saturated heterocycles.